The Labute approximate surface area is 162 Å². The number of ether oxygens (including phenoxy) is 1. The van der Waals surface area contributed by atoms with E-state index in [2.05, 4.69) is 10.3 Å². The van der Waals surface area contributed by atoms with Crippen LogP contribution in [0.25, 0.3) is 0 Å². The molecule has 0 aliphatic rings. The van der Waals surface area contributed by atoms with Crippen molar-refractivity contribution in [1.82, 2.24) is 10.3 Å². The molecule has 3 N–H and O–H groups in total. The molecule has 0 saturated heterocycles. The molecule has 0 aliphatic carbocycles. The van der Waals surface area contributed by atoms with Crippen LogP contribution in [0.2, 0.25) is 0 Å². The van der Waals surface area contributed by atoms with Crippen molar-refractivity contribution in [2.75, 3.05) is 6.54 Å². The predicted molar refractivity (Wildman–Crippen MR) is 106 cm³/mol. The maximum Gasteiger partial charge on any atom is 0.248 e. The van der Waals surface area contributed by atoms with Gasteiger partial charge in [-0.25, -0.2) is 0 Å². The second-order valence-corrected chi connectivity index (χ2v) is 6.35. The zero-order valence-corrected chi connectivity index (χ0v) is 15.3. The van der Waals surface area contributed by atoms with Crippen molar-refractivity contribution in [3.63, 3.8) is 0 Å². The first kappa shape index (κ1) is 19.4. The first-order valence-corrected chi connectivity index (χ1v) is 9.00. The highest BCUT2D eigenvalue weighted by atomic mass is 16.5. The molecule has 6 heteroatoms. The van der Waals surface area contributed by atoms with E-state index in [0.29, 0.717) is 18.1 Å². The summed E-state index contributed by atoms with van der Waals surface area (Å²) in [6.07, 6.45) is -0.856. The molecule has 1 atom stereocenters. The number of aromatic nitrogens is 1. The summed E-state index contributed by atoms with van der Waals surface area (Å²) in [6, 6.07) is 21.7. The highest BCUT2D eigenvalue weighted by molar-refractivity contribution is 5.79. The van der Waals surface area contributed by atoms with E-state index in [9.17, 15) is 14.7 Å². The average molecular weight is 378 g/mol. The van der Waals surface area contributed by atoms with Gasteiger partial charge in [0.1, 0.15) is 18.5 Å². The van der Waals surface area contributed by atoms with Gasteiger partial charge in [-0.15, -0.1) is 0 Å². The number of aliphatic hydroxyl groups is 1. The monoisotopic (exact) mass is 378 g/mol. The molecule has 0 fully saturated rings. The number of nitrogens with one attached hydrogen (secondary N) is 2. The van der Waals surface area contributed by atoms with Crippen LogP contribution in [0.1, 0.15) is 22.9 Å². The van der Waals surface area contributed by atoms with Crippen molar-refractivity contribution in [2.45, 2.75) is 19.1 Å². The number of hydrogen-bond donors (Lipinski definition) is 3. The molecule has 0 radical (unpaired) electrons. The normalized spacial score (nSPS) is 11.6. The van der Waals surface area contributed by atoms with Crippen LogP contribution in [-0.4, -0.2) is 22.5 Å². The number of H-pyrrole nitrogens is 1. The Balaban J connectivity index is 1.56. The molecule has 1 unspecified atom stereocenters. The van der Waals surface area contributed by atoms with Crippen molar-refractivity contribution in [2.24, 2.45) is 0 Å². The Hall–Kier alpha value is -3.38. The number of carbonyl (C=O) groups excluding carboxylic acids is 1. The van der Waals surface area contributed by atoms with Gasteiger partial charge < -0.3 is 20.1 Å². The fraction of sp³-hybridized carbons (Fsp3) is 0.182. The first-order chi connectivity index (χ1) is 13.6. The van der Waals surface area contributed by atoms with Crippen LogP contribution in [0.15, 0.2) is 77.6 Å². The Morgan fingerprint density at radius 1 is 1.00 bits per heavy atom. The van der Waals surface area contributed by atoms with Gasteiger partial charge in [0, 0.05) is 23.9 Å². The highest BCUT2D eigenvalue weighted by Gasteiger charge is 2.12. The van der Waals surface area contributed by atoms with Crippen LogP contribution in [0.5, 0.6) is 5.75 Å². The minimum Gasteiger partial charge on any atom is -0.489 e. The molecule has 3 aromatic rings. The van der Waals surface area contributed by atoms with Crippen LogP contribution in [0.4, 0.5) is 0 Å². The fourth-order valence-electron chi connectivity index (χ4n) is 2.74. The minimum absolute atomic E-state index is 0.00578. The number of aliphatic hydroxyl groups excluding tert-OH is 1. The largest absolute Gasteiger partial charge is 0.489 e. The topological polar surface area (TPSA) is 91.4 Å². The zero-order chi connectivity index (χ0) is 19.8. The van der Waals surface area contributed by atoms with E-state index in [-0.39, 0.29) is 24.4 Å². The van der Waals surface area contributed by atoms with Gasteiger partial charge in [-0.1, -0.05) is 54.6 Å². The number of aromatic amines is 1. The smallest absolute Gasteiger partial charge is 0.248 e. The van der Waals surface area contributed by atoms with Gasteiger partial charge in [-0.05, 0) is 17.7 Å². The number of para-hydroxylation sites is 1. The summed E-state index contributed by atoms with van der Waals surface area (Å²) >= 11 is 0. The highest BCUT2D eigenvalue weighted by Crippen LogP contribution is 2.20. The van der Waals surface area contributed by atoms with Gasteiger partial charge in [0.2, 0.25) is 11.5 Å². The van der Waals surface area contributed by atoms with Crippen molar-refractivity contribution < 1.29 is 14.6 Å². The third-order valence-electron chi connectivity index (χ3n) is 4.20. The number of rotatable bonds is 8. The van der Waals surface area contributed by atoms with E-state index >= 15 is 0 Å². The van der Waals surface area contributed by atoms with Crippen LogP contribution >= 0.6 is 0 Å². The molecule has 0 aliphatic heterocycles. The van der Waals surface area contributed by atoms with Gasteiger partial charge in [0.05, 0.1) is 6.42 Å². The molecule has 0 bridgehead atoms. The van der Waals surface area contributed by atoms with Crippen molar-refractivity contribution in [3.05, 3.63) is 100.0 Å². The molecule has 1 amide bonds. The lowest BCUT2D eigenvalue weighted by atomic mass is 10.1. The fourth-order valence-corrected chi connectivity index (χ4v) is 2.74. The zero-order valence-electron chi connectivity index (χ0n) is 15.3. The third-order valence-corrected chi connectivity index (χ3v) is 4.20. The predicted octanol–water partition coefficient (Wildman–Crippen LogP) is 2.35. The van der Waals surface area contributed by atoms with E-state index in [1.807, 2.05) is 54.6 Å². The summed E-state index contributed by atoms with van der Waals surface area (Å²) in [7, 11) is 0. The summed E-state index contributed by atoms with van der Waals surface area (Å²) in [4.78, 5) is 26.1. The maximum absolute atomic E-state index is 12.3. The molecule has 0 spiro atoms. The van der Waals surface area contributed by atoms with Crippen LogP contribution in [-0.2, 0) is 17.8 Å². The summed E-state index contributed by atoms with van der Waals surface area (Å²) in [5.74, 6) is 0.405. The molecule has 1 heterocycles. The molecule has 144 valence electrons. The van der Waals surface area contributed by atoms with E-state index < -0.39 is 6.10 Å². The first-order valence-electron chi connectivity index (χ1n) is 9.00. The molecular formula is C22H22N2O4. The van der Waals surface area contributed by atoms with Gasteiger partial charge in [-0.3, -0.25) is 9.59 Å². The van der Waals surface area contributed by atoms with Crippen LogP contribution in [0.3, 0.4) is 0 Å². The minimum atomic E-state index is -0.984. The summed E-state index contributed by atoms with van der Waals surface area (Å²) < 4.78 is 5.86. The van der Waals surface area contributed by atoms with E-state index in [4.69, 9.17) is 4.74 Å². The molecule has 1 aromatic heterocycles. The Morgan fingerprint density at radius 2 is 1.75 bits per heavy atom. The maximum atomic E-state index is 12.3. The third kappa shape index (κ3) is 5.56. The van der Waals surface area contributed by atoms with Crippen molar-refractivity contribution in [3.8, 4) is 5.75 Å². The lowest BCUT2D eigenvalue weighted by molar-refractivity contribution is -0.120. The van der Waals surface area contributed by atoms with Crippen LogP contribution < -0.4 is 15.6 Å². The Morgan fingerprint density at radius 3 is 2.54 bits per heavy atom. The number of hydrogen-bond acceptors (Lipinski definition) is 4. The number of carbonyl (C=O) groups is 1. The molecule has 28 heavy (non-hydrogen) atoms. The number of benzene rings is 2. The second-order valence-electron chi connectivity index (χ2n) is 6.35. The van der Waals surface area contributed by atoms with Crippen LogP contribution in [0, 0.1) is 0 Å². The van der Waals surface area contributed by atoms with E-state index in [0.717, 1.165) is 11.1 Å². The van der Waals surface area contributed by atoms with Gasteiger partial charge >= 0.3 is 0 Å². The van der Waals surface area contributed by atoms with Crippen molar-refractivity contribution >= 4 is 5.91 Å². The van der Waals surface area contributed by atoms with E-state index in [1.54, 1.807) is 12.1 Å². The number of amides is 1. The lowest BCUT2D eigenvalue weighted by Crippen LogP contribution is -2.30. The van der Waals surface area contributed by atoms with Crippen molar-refractivity contribution in [1.29, 1.82) is 0 Å². The quantitative estimate of drug-likeness (QED) is 0.561. The van der Waals surface area contributed by atoms with Gasteiger partial charge in [0.25, 0.3) is 0 Å². The Kier molecular flexibility index (Phi) is 6.59. The molecule has 3 rings (SSSR count). The SMILES string of the molecule is O=C(Cc1ccccc1OCc1ccccc1)NCC(O)c1cccc(=O)[nH]1. The summed E-state index contributed by atoms with van der Waals surface area (Å²) in [5.41, 5.74) is 1.87. The summed E-state index contributed by atoms with van der Waals surface area (Å²) in [6.45, 7) is 0.422. The molecule has 6 nitrogen and oxygen atoms in total. The second kappa shape index (κ2) is 9.53. The Bertz CT molecular complexity index is 969. The summed E-state index contributed by atoms with van der Waals surface area (Å²) in [5, 5.41) is 12.8. The molecule has 2 aromatic carbocycles. The number of pyridine rings is 1. The average Bonchev–Trinajstić information content (AvgIpc) is 2.72. The van der Waals surface area contributed by atoms with E-state index in [1.165, 1.54) is 6.07 Å². The van der Waals surface area contributed by atoms with Gasteiger partial charge in [-0.2, -0.15) is 0 Å². The molecule has 0 saturated carbocycles. The lowest BCUT2D eigenvalue weighted by Gasteiger charge is -2.14. The molecular weight excluding hydrogens is 356 g/mol. The van der Waals surface area contributed by atoms with Gasteiger partial charge in [0.15, 0.2) is 0 Å². The standard InChI is InChI=1S/C22H22N2O4/c25-19(18-10-6-12-21(26)24-18)14-23-22(27)13-17-9-4-5-11-20(17)28-15-16-7-2-1-3-8-16/h1-12,19,25H,13-15H2,(H,23,27)(H,24,26).